The Morgan fingerprint density at radius 3 is 2.38 bits per heavy atom. The molecule has 0 amide bonds. The molecule has 0 radical (unpaired) electrons. The number of nitrogens with zero attached hydrogens (tertiary/aromatic N) is 2. The number of aliphatic hydroxyl groups is 1. The number of carboxylic acids is 1. The van der Waals surface area contributed by atoms with E-state index in [0.29, 0.717) is 24.2 Å². The number of aliphatic carboxylic acids is 1. The van der Waals surface area contributed by atoms with Gasteiger partial charge < -0.3 is 14.8 Å². The lowest BCUT2D eigenvalue weighted by Gasteiger charge is -2.16. The molecule has 0 unspecified atom stereocenters. The Kier molecular flexibility index (Phi) is 8.84. The second-order valence-corrected chi connectivity index (χ2v) is 10.0. The Morgan fingerprint density at radius 2 is 1.79 bits per heavy atom. The molecule has 0 aliphatic carbocycles. The molecule has 182 valence electrons. The van der Waals surface area contributed by atoms with Crippen molar-refractivity contribution in [1.29, 1.82) is 0 Å². The third kappa shape index (κ3) is 6.44. The predicted octanol–water partition coefficient (Wildman–Crippen LogP) is 3.39. The first-order chi connectivity index (χ1) is 16.2. The van der Waals surface area contributed by atoms with Crippen molar-refractivity contribution in [1.82, 2.24) is 14.3 Å². The molecule has 3 N–H and O–H groups in total. The number of imidazole rings is 1. The Hall–Kier alpha value is -2.72. The van der Waals surface area contributed by atoms with Gasteiger partial charge in [0, 0.05) is 13.0 Å². The lowest BCUT2D eigenvalue weighted by Crippen LogP contribution is -2.42. The number of aryl methyl sites for hydroxylation is 1. The molecule has 1 aromatic heterocycles. The van der Waals surface area contributed by atoms with E-state index < -0.39 is 22.0 Å². The number of hydrogen-bond acceptors (Lipinski definition) is 5. The molecule has 0 spiro atoms. The minimum Gasteiger partial charge on any atom is -0.480 e. The van der Waals surface area contributed by atoms with Gasteiger partial charge in [-0.3, -0.25) is 4.79 Å². The number of sulfonamides is 1. The average Bonchev–Trinajstić information content (AvgIpc) is 3.11. The van der Waals surface area contributed by atoms with Crippen molar-refractivity contribution in [3.05, 3.63) is 82.4 Å². The van der Waals surface area contributed by atoms with Gasteiger partial charge >= 0.3 is 5.97 Å². The Morgan fingerprint density at radius 1 is 1.12 bits per heavy atom. The van der Waals surface area contributed by atoms with Gasteiger partial charge in [-0.15, -0.1) is 0 Å². The third-order valence-corrected chi connectivity index (χ3v) is 7.25. The molecule has 2 aromatic carbocycles. The number of halogens is 1. The topological polar surface area (TPSA) is 122 Å². The van der Waals surface area contributed by atoms with Crippen molar-refractivity contribution in [3.63, 3.8) is 0 Å². The zero-order valence-corrected chi connectivity index (χ0v) is 20.4. The number of hydrogen-bond donors (Lipinski definition) is 3. The number of carbonyl (C=O) groups is 1. The highest BCUT2D eigenvalue weighted by Gasteiger charge is 2.26. The minimum absolute atomic E-state index is 0.0271. The summed E-state index contributed by atoms with van der Waals surface area (Å²) in [6.07, 6.45) is 2.65. The fourth-order valence-corrected chi connectivity index (χ4v) is 5.06. The van der Waals surface area contributed by atoms with E-state index in [1.54, 1.807) is 42.5 Å². The molecule has 0 aliphatic heterocycles. The summed E-state index contributed by atoms with van der Waals surface area (Å²) in [4.78, 5) is 16.0. The smallest absolute Gasteiger partial charge is 0.322 e. The molecule has 1 heterocycles. The fraction of sp³-hybridized carbons (Fsp3) is 0.333. The van der Waals surface area contributed by atoms with Crippen molar-refractivity contribution in [2.24, 2.45) is 0 Å². The summed E-state index contributed by atoms with van der Waals surface area (Å²) in [6, 6.07) is 13.7. The van der Waals surface area contributed by atoms with E-state index in [1.165, 1.54) is 12.1 Å². The monoisotopic (exact) mass is 505 g/mol. The number of aliphatic hydroxyl groups excluding tert-OH is 1. The summed E-state index contributed by atoms with van der Waals surface area (Å²) in [7, 11) is -4.05. The normalized spacial score (nSPS) is 12.6. The lowest BCUT2D eigenvalue weighted by atomic mass is 10.1. The average molecular weight is 506 g/mol. The van der Waals surface area contributed by atoms with Crippen LogP contribution in [0.5, 0.6) is 0 Å². The molecule has 8 nitrogen and oxygen atoms in total. The standard InChI is InChI=1S/C24H28ClN3O5S/c1-2-3-9-22-26-23(25)21(16-29)28(22)15-18-10-12-19(13-11-18)34(32,33)27-20(24(30)31)14-17-7-5-4-6-8-17/h4-8,10-13,20,27,29H,2-3,9,14-16H2,1H3,(H,30,31)/t20-/m1/s1. The second kappa shape index (κ2) is 11.6. The Balaban J connectivity index is 1.77. The van der Waals surface area contributed by atoms with Gasteiger partial charge in [0.25, 0.3) is 0 Å². The highest BCUT2D eigenvalue weighted by atomic mass is 35.5. The van der Waals surface area contributed by atoms with Crippen molar-refractivity contribution in [3.8, 4) is 0 Å². The minimum atomic E-state index is -4.05. The zero-order chi connectivity index (χ0) is 24.7. The number of nitrogens with one attached hydrogen (secondary N) is 1. The van der Waals surface area contributed by atoms with E-state index in [1.807, 2.05) is 4.57 Å². The van der Waals surface area contributed by atoms with Gasteiger partial charge in [-0.05, 0) is 36.1 Å². The Bertz CT molecular complexity index is 1210. The van der Waals surface area contributed by atoms with Crippen LogP contribution >= 0.6 is 11.6 Å². The third-order valence-electron chi connectivity index (χ3n) is 5.46. The summed E-state index contributed by atoms with van der Waals surface area (Å²) < 4.78 is 29.8. The largest absolute Gasteiger partial charge is 0.480 e. The van der Waals surface area contributed by atoms with Crippen molar-refractivity contribution in [2.45, 2.75) is 56.7 Å². The van der Waals surface area contributed by atoms with Crippen LogP contribution in [0.1, 0.15) is 42.4 Å². The van der Waals surface area contributed by atoms with Gasteiger partial charge in [0.05, 0.1) is 17.2 Å². The number of aromatic nitrogens is 2. The second-order valence-electron chi connectivity index (χ2n) is 7.96. The molecule has 0 fully saturated rings. The molecule has 0 bridgehead atoms. The molecule has 0 saturated carbocycles. The molecule has 0 aliphatic rings. The van der Waals surface area contributed by atoms with Crippen LogP contribution in [0.25, 0.3) is 0 Å². The van der Waals surface area contributed by atoms with Crippen LogP contribution in [0, 0.1) is 0 Å². The predicted molar refractivity (Wildman–Crippen MR) is 129 cm³/mol. The maximum Gasteiger partial charge on any atom is 0.322 e. The molecular weight excluding hydrogens is 478 g/mol. The molecule has 3 aromatic rings. The Labute approximate surface area is 204 Å². The highest BCUT2D eigenvalue weighted by molar-refractivity contribution is 7.89. The molecule has 10 heteroatoms. The molecule has 1 atom stereocenters. The first kappa shape index (κ1) is 25.9. The van der Waals surface area contributed by atoms with Gasteiger partial charge in [-0.1, -0.05) is 67.4 Å². The van der Waals surface area contributed by atoms with E-state index in [2.05, 4.69) is 16.6 Å². The lowest BCUT2D eigenvalue weighted by molar-refractivity contribution is -0.138. The van der Waals surface area contributed by atoms with Gasteiger partial charge in [0.15, 0.2) is 5.15 Å². The van der Waals surface area contributed by atoms with Crippen molar-refractivity contribution >= 4 is 27.6 Å². The summed E-state index contributed by atoms with van der Waals surface area (Å²) in [6.45, 7) is 2.18. The van der Waals surface area contributed by atoms with E-state index in [9.17, 15) is 23.4 Å². The maximum absolute atomic E-state index is 12.8. The summed E-state index contributed by atoms with van der Waals surface area (Å²) >= 11 is 6.18. The van der Waals surface area contributed by atoms with E-state index in [4.69, 9.17) is 11.6 Å². The first-order valence-electron chi connectivity index (χ1n) is 11.0. The highest BCUT2D eigenvalue weighted by Crippen LogP contribution is 2.21. The quantitative estimate of drug-likeness (QED) is 0.347. The van der Waals surface area contributed by atoms with Crippen LogP contribution in [0.3, 0.4) is 0 Å². The van der Waals surface area contributed by atoms with E-state index in [0.717, 1.165) is 24.2 Å². The van der Waals surface area contributed by atoms with E-state index in [-0.39, 0.29) is 23.1 Å². The van der Waals surface area contributed by atoms with Gasteiger partial charge in [0.1, 0.15) is 11.9 Å². The zero-order valence-electron chi connectivity index (χ0n) is 18.8. The first-order valence-corrected chi connectivity index (χ1v) is 12.8. The molecule has 3 rings (SSSR count). The summed E-state index contributed by atoms with van der Waals surface area (Å²) in [5.41, 5.74) is 2.02. The molecule has 0 saturated heterocycles. The van der Waals surface area contributed by atoms with Gasteiger partial charge in [-0.2, -0.15) is 4.72 Å². The van der Waals surface area contributed by atoms with Crippen LogP contribution in [0.2, 0.25) is 5.15 Å². The SMILES string of the molecule is CCCCc1nc(Cl)c(CO)n1Cc1ccc(S(=O)(=O)N[C@H](Cc2ccccc2)C(=O)O)cc1. The summed E-state index contributed by atoms with van der Waals surface area (Å²) in [5, 5.41) is 19.5. The molecule has 34 heavy (non-hydrogen) atoms. The van der Waals surface area contributed by atoms with Gasteiger partial charge in [-0.25, -0.2) is 13.4 Å². The van der Waals surface area contributed by atoms with Crippen LogP contribution in [0.4, 0.5) is 0 Å². The number of unbranched alkanes of at least 4 members (excludes halogenated alkanes) is 1. The van der Waals surface area contributed by atoms with Gasteiger partial charge in [0.2, 0.25) is 10.0 Å². The van der Waals surface area contributed by atoms with Crippen molar-refractivity contribution < 1.29 is 23.4 Å². The number of carboxylic acid groups (broad SMARTS) is 1. The van der Waals surface area contributed by atoms with Crippen LogP contribution in [0.15, 0.2) is 59.5 Å². The fourth-order valence-electron chi connectivity index (χ4n) is 3.61. The van der Waals surface area contributed by atoms with Crippen molar-refractivity contribution in [2.75, 3.05) is 0 Å². The summed E-state index contributed by atoms with van der Waals surface area (Å²) in [5.74, 6) is -0.489. The van der Waals surface area contributed by atoms with Crippen LogP contribution in [-0.2, 0) is 40.8 Å². The maximum atomic E-state index is 12.8. The number of benzene rings is 2. The molecular formula is C24H28ClN3O5S. The number of rotatable bonds is 12. The van der Waals surface area contributed by atoms with Crippen LogP contribution in [-0.4, -0.2) is 40.2 Å². The van der Waals surface area contributed by atoms with E-state index >= 15 is 0 Å². The van der Waals surface area contributed by atoms with Crippen LogP contribution < -0.4 is 4.72 Å².